The standard InChI is InChI=1S/C21H22N2/c1-2-6-16(7-3-1)10-13-23-20-9-5-4-8-18(20)19-15-22-12-11-17(14-22)21(19)23/h1-9,17H,10-15H2. The first-order chi connectivity index (χ1) is 11.4. The van der Waals surface area contributed by atoms with Gasteiger partial charge in [-0.1, -0.05) is 48.5 Å². The summed E-state index contributed by atoms with van der Waals surface area (Å²) < 4.78 is 2.63. The second kappa shape index (κ2) is 5.24. The number of aromatic nitrogens is 1. The van der Waals surface area contributed by atoms with E-state index in [-0.39, 0.29) is 0 Å². The van der Waals surface area contributed by atoms with Crippen LogP contribution in [-0.4, -0.2) is 22.6 Å². The molecule has 0 aliphatic carbocycles. The molecule has 5 rings (SSSR count). The Kier molecular flexibility index (Phi) is 3.05. The molecule has 3 aromatic rings. The molecule has 1 fully saturated rings. The lowest BCUT2D eigenvalue weighted by Gasteiger charge is -2.25. The second-order valence-corrected chi connectivity index (χ2v) is 6.99. The lowest BCUT2D eigenvalue weighted by atomic mass is 9.97. The number of rotatable bonds is 3. The fraction of sp³-hybridized carbons (Fsp3) is 0.333. The van der Waals surface area contributed by atoms with Gasteiger partial charge in [-0.2, -0.15) is 0 Å². The van der Waals surface area contributed by atoms with Gasteiger partial charge < -0.3 is 4.57 Å². The van der Waals surface area contributed by atoms with E-state index in [4.69, 9.17) is 0 Å². The van der Waals surface area contributed by atoms with Crippen LogP contribution < -0.4 is 0 Å². The van der Waals surface area contributed by atoms with Gasteiger partial charge in [-0.25, -0.2) is 0 Å². The fourth-order valence-electron chi connectivity index (χ4n) is 4.58. The largest absolute Gasteiger partial charge is 0.344 e. The number of hydrogen-bond acceptors (Lipinski definition) is 1. The van der Waals surface area contributed by atoms with Crippen molar-refractivity contribution in [2.75, 3.05) is 13.1 Å². The minimum Gasteiger partial charge on any atom is -0.344 e. The van der Waals surface area contributed by atoms with E-state index in [2.05, 4.69) is 64.1 Å². The molecule has 2 bridgehead atoms. The van der Waals surface area contributed by atoms with Crippen LogP contribution in [0.15, 0.2) is 54.6 Å². The van der Waals surface area contributed by atoms with Gasteiger partial charge in [0.05, 0.1) is 0 Å². The smallest absolute Gasteiger partial charge is 0.0486 e. The Labute approximate surface area is 137 Å². The van der Waals surface area contributed by atoms with E-state index in [1.54, 1.807) is 11.3 Å². The van der Waals surface area contributed by atoms with Gasteiger partial charge in [-0.05, 0) is 36.6 Å². The van der Waals surface area contributed by atoms with Crippen LogP contribution in [0.4, 0.5) is 0 Å². The molecule has 2 aromatic carbocycles. The number of nitrogens with zero attached hydrogens (tertiary/aromatic N) is 2. The van der Waals surface area contributed by atoms with Crippen LogP contribution in [0.25, 0.3) is 10.9 Å². The topological polar surface area (TPSA) is 8.17 Å². The summed E-state index contributed by atoms with van der Waals surface area (Å²) in [5.74, 6) is 0.738. The highest BCUT2D eigenvalue weighted by molar-refractivity contribution is 5.86. The number of benzene rings is 2. The van der Waals surface area contributed by atoms with E-state index < -0.39 is 0 Å². The maximum Gasteiger partial charge on any atom is 0.0486 e. The van der Waals surface area contributed by atoms with Crippen molar-refractivity contribution in [3.8, 4) is 0 Å². The molecule has 0 saturated carbocycles. The first kappa shape index (κ1) is 13.4. The minimum absolute atomic E-state index is 0.738. The van der Waals surface area contributed by atoms with Crippen LogP contribution in [0, 0.1) is 0 Å². The molecule has 0 amide bonds. The third kappa shape index (κ3) is 2.13. The van der Waals surface area contributed by atoms with Crippen molar-refractivity contribution in [2.24, 2.45) is 0 Å². The Balaban J connectivity index is 1.60. The molecule has 23 heavy (non-hydrogen) atoms. The molecule has 2 aliphatic heterocycles. The minimum atomic E-state index is 0.738. The van der Waals surface area contributed by atoms with Gasteiger partial charge in [0.2, 0.25) is 0 Å². The van der Waals surface area contributed by atoms with Crippen molar-refractivity contribution in [3.05, 3.63) is 71.4 Å². The summed E-state index contributed by atoms with van der Waals surface area (Å²) in [6.45, 7) is 4.77. The lowest BCUT2D eigenvalue weighted by molar-refractivity contribution is 0.311. The molecule has 2 nitrogen and oxygen atoms in total. The van der Waals surface area contributed by atoms with Gasteiger partial charge in [0.25, 0.3) is 0 Å². The summed E-state index contributed by atoms with van der Waals surface area (Å²) in [6.07, 6.45) is 2.44. The quantitative estimate of drug-likeness (QED) is 0.704. The van der Waals surface area contributed by atoms with E-state index in [1.165, 1.54) is 36.0 Å². The Hall–Kier alpha value is -2.06. The summed E-state index contributed by atoms with van der Waals surface area (Å²) in [6, 6.07) is 19.9. The summed E-state index contributed by atoms with van der Waals surface area (Å²) in [4.78, 5) is 2.63. The first-order valence-corrected chi connectivity index (χ1v) is 8.76. The predicted octanol–water partition coefficient (Wildman–Crippen LogP) is 4.19. The van der Waals surface area contributed by atoms with E-state index in [0.29, 0.717) is 0 Å². The molecule has 2 aliphatic rings. The monoisotopic (exact) mass is 302 g/mol. The highest BCUT2D eigenvalue weighted by atomic mass is 15.2. The molecule has 1 saturated heterocycles. The van der Waals surface area contributed by atoms with E-state index in [1.807, 2.05) is 0 Å². The Morgan fingerprint density at radius 2 is 1.78 bits per heavy atom. The van der Waals surface area contributed by atoms with Gasteiger partial charge in [0, 0.05) is 42.1 Å². The van der Waals surface area contributed by atoms with Crippen molar-refractivity contribution in [1.82, 2.24) is 9.47 Å². The molecular weight excluding hydrogens is 280 g/mol. The van der Waals surface area contributed by atoms with Crippen molar-refractivity contribution in [1.29, 1.82) is 0 Å². The zero-order valence-electron chi connectivity index (χ0n) is 13.4. The normalized spacial score (nSPS) is 22.4. The molecule has 1 aromatic heterocycles. The fourth-order valence-corrected chi connectivity index (χ4v) is 4.58. The summed E-state index contributed by atoms with van der Waals surface area (Å²) in [7, 11) is 0. The van der Waals surface area contributed by atoms with Crippen LogP contribution in [0.3, 0.4) is 0 Å². The molecule has 2 unspecified atom stereocenters. The number of hydrogen-bond donors (Lipinski definition) is 0. The average molecular weight is 302 g/mol. The SMILES string of the molecule is c1ccc(CCn2c3c(c4ccccc42)CN2CCC3C2)cc1. The van der Waals surface area contributed by atoms with Gasteiger partial charge in [0.15, 0.2) is 0 Å². The van der Waals surface area contributed by atoms with Crippen molar-refractivity contribution >= 4 is 10.9 Å². The second-order valence-electron chi connectivity index (χ2n) is 6.99. The molecule has 0 N–H and O–H groups in total. The number of aryl methyl sites for hydroxylation is 2. The molecule has 3 heterocycles. The molecule has 116 valence electrons. The van der Waals surface area contributed by atoms with Crippen molar-refractivity contribution in [2.45, 2.75) is 31.8 Å². The predicted molar refractivity (Wildman–Crippen MR) is 94.7 cm³/mol. The van der Waals surface area contributed by atoms with Gasteiger partial charge in [-0.15, -0.1) is 0 Å². The Morgan fingerprint density at radius 3 is 2.70 bits per heavy atom. The lowest BCUT2D eigenvalue weighted by Crippen LogP contribution is -2.26. The Morgan fingerprint density at radius 1 is 0.957 bits per heavy atom. The van der Waals surface area contributed by atoms with Crippen LogP contribution in [0.2, 0.25) is 0 Å². The highest BCUT2D eigenvalue weighted by Crippen LogP contribution is 2.41. The molecule has 0 spiro atoms. The third-order valence-electron chi connectivity index (χ3n) is 5.63. The molecule has 2 atom stereocenters. The van der Waals surface area contributed by atoms with Crippen LogP contribution >= 0.6 is 0 Å². The maximum atomic E-state index is 2.63. The summed E-state index contributed by atoms with van der Waals surface area (Å²) >= 11 is 0. The number of para-hydroxylation sites is 1. The summed E-state index contributed by atoms with van der Waals surface area (Å²) in [5.41, 5.74) is 6.10. The molecule has 2 heteroatoms. The van der Waals surface area contributed by atoms with E-state index in [0.717, 1.165) is 25.4 Å². The van der Waals surface area contributed by atoms with Gasteiger partial charge >= 0.3 is 0 Å². The van der Waals surface area contributed by atoms with E-state index >= 15 is 0 Å². The van der Waals surface area contributed by atoms with Crippen LogP contribution in [0.1, 0.15) is 29.2 Å². The molecular formula is C21H22N2. The van der Waals surface area contributed by atoms with Gasteiger partial charge in [-0.3, -0.25) is 4.90 Å². The van der Waals surface area contributed by atoms with Crippen molar-refractivity contribution in [3.63, 3.8) is 0 Å². The first-order valence-electron chi connectivity index (χ1n) is 8.76. The van der Waals surface area contributed by atoms with Crippen LogP contribution in [0.5, 0.6) is 0 Å². The van der Waals surface area contributed by atoms with Crippen molar-refractivity contribution < 1.29 is 0 Å². The molecule has 0 radical (unpaired) electrons. The third-order valence-corrected chi connectivity index (χ3v) is 5.63. The van der Waals surface area contributed by atoms with Gasteiger partial charge in [0.1, 0.15) is 0 Å². The highest BCUT2D eigenvalue weighted by Gasteiger charge is 2.35. The maximum absolute atomic E-state index is 2.63. The number of fused-ring (bicyclic) bond motifs is 6. The van der Waals surface area contributed by atoms with E-state index in [9.17, 15) is 0 Å². The average Bonchev–Trinajstić information content (AvgIpc) is 3.14. The summed E-state index contributed by atoms with van der Waals surface area (Å²) in [5, 5.41) is 1.48. The zero-order valence-corrected chi connectivity index (χ0v) is 13.4. The zero-order chi connectivity index (χ0) is 15.2. The Bertz CT molecular complexity index is 847. The van der Waals surface area contributed by atoms with Crippen LogP contribution in [-0.2, 0) is 19.5 Å².